The molecule has 3 nitrogen and oxygen atoms in total. The van der Waals surface area contributed by atoms with Gasteiger partial charge in [0.2, 0.25) is 5.91 Å². The summed E-state index contributed by atoms with van der Waals surface area (Å²) in [4.78, 5) is 12.6. The molecule has 0 saturated heterocycles. The third-order valence-corrected chi connectivity index (χ3v) is 5.08. The highest BCUT2D eigenvalue weighted by Crippen LogP contribution is 2.38. The van der Waals surface area contributed by atoms with Crippen LogP contribution in [0.25, 0.3) is 0 Å². The molecule has 4 atom stereocenters. The summed E-state index contributed by atoms with van der Waals surface area (Å²) < 4.78 is 0. The quantitative estimate of drug-likeness (QED) is 0.771. The summed E-state index contributed by atoms with van der Waals surface area (Å²) in [5.74, 6) is 2.05. The van der Waals surface area contributed by atoms with Crippen LogP contribution in [0.2, 0.25) is 0 Å². The fourth-order valence-corrected chi connectivity index (χ4v) is 3.66. The van der Waals surface area contributed by atoms with Crippen LogP contribution in [0, 0.1) is 23.7 Å². The molecule has 2 rings (SSSR count). The smallest absolute Gasteiger partial charge is 0.223 e. The molecule has 0 bridgehead atoms. The van der Waals surface area contributed by atoms with Crippen molar-refractivity contribution in [1.29, 1.82) is 0 Å². The van der Waals surface area contributed by atoms with E-state index in [4.69, 9.17) is 5.73 Å². The maximum atomic E-state index is 12.6. The highest BCUT2D eigenvalue weighted by atomic mass is 16.1. The van der Waals surface area contributed by atoms with Gasteiger partial charge in [0.1, 0.15) is 0 Å². The van der Waals surface area contributed by atoms with E-state index in [9.17, 15) is 4.79 Å². The fourth-order valence-electron chi connectivity index (χ4n) is 3.66. The SMILES string of the molecule is C.CC.CC(C)[C@@H]1CC[C@@H](C)C[C@H]1C(=O)NCC(N)c1ccccc1. The molecule has 0 spiro atoms. The Morgan fingerprint density at radius 1 is 1.20 bits per heavy atom. The van der Waals surface area contributed by atoms with Crippen LogP contribution in [0.3, 0.4) is 0 Å². The maximum Gasteiger partial charge on any atom is 0.223 e. The summed E-state index contributed by atoms with van der Waals surface area (Å²) >= 11 is 0. The lowest BCUT2D eigenvalue weighted by Crippen LogP contribution is -2.42. The predicted molar refractivity (Wildman–Crippen MR) is 109 cm³/mol. The Labute approximate surface area is 155 Å². The van der Waals surface area contributed by atoms with Gasteiger partial charge in [0.05, 0.1) is 0 Å². The highest BCUT2D eigenvalue weighted by molar-refractivity contribution is 5.79. The van der Waals surface area contributed by atoms with Crippen molar-refractivity contribution in [3.8, 4) is 0 Å². The van der Waals surface area contributed by atoms with Gasteiger partial charge in [0.25, 0.3) is 0 Å². The van der Waals surface area contributed by atoms with Gasteiger partial charge in [-0.25, -0.2) is 0 Å². The molecule has 0 heterocycles. The van der Waals surface area contributed by atoms with Crippen molar-refractivity contribution in [2.75, 3.05) is 6.54 Å². The summed E-state index contributed by atoms with van der Waals surface area (Å²) in [7, 11) is 0. The van der Waals surface area contributed by atoms with Crippen LogP contribution in [-0.4, -0.2) is 12.5 Å². The molecular weight excluding hydrogens is 308 g/mol. The van der Waals surface area contributed by atoms with Gasteiger partial charge in [0.15, 0.2) is 0 Å². The average molecular weight is 349 g/mol. The van der Waals surface area contributed by atoms with Crippen molar-refractivity contribution in [2.24, 2.45) is 29.4 Å². The normalized spacial score (nSPS) is 23.7. The van der Waals surface area contributed by atoms with E-state index in [0.29, 0.717) is 24.3 Å². The highest BCUT2D eigenvalue weighted by Gasteiger charge is 2.35. The summed E-state index contributed by atoms with van der Waals surface area (Å²) in [5.41, 5.74) is 7.25. The zero-order chi connectivity index (χ0) is 18.1. The molecule has 1 aliphatic rings. The summed E-state index contributed by atoms with van der Waals surface area (Å²) in [5, 5.41) is 3.09. The molecule has 1 aromatic rings. The van der Waals surface area contributed by atoms with Crippen LogP contribution in [0.4, 0.5) is 0 Å². The molecule has 0 radical (unpaired) electrons. The van der Waals surface area contributed by atoms with Crippen molar-refractivity contribution < 1.29 is 4.79 Å². The molecule has 1 unspecified atom stereocenters. The molecule has 3 heteroatoms. The van der Waals surface area contributed by atoms with E-state index in [2.05, 4.69) is 26.1 Å². The van der Waals surface area contributed by atoms with E-state index in [1.54, 1.807) is 0 Å². The van der Waals surface area contributed by atoms with Crippen LogP contribution in [0.15, 0.2) is 30.3 Å². The number of hydrogen-bond donors (Lipinski definition) is 2. The Morgan fingerprint density at radius 3 is 2.36 bits per heavy atom. The number of carbonyl (C=O) groups excluding carboxylic acids is 1. The number of rotatable bonds is 5. The number of hydrogen-bond acceptors (Lipinski definition) is 2. The zero-order valence-electron chi connectivity index (χ0n) is 16.1. The van der Waals surface area contributed by atoms with E-state index in [-0.39, 0.29) is 25.3 Å². The van der Waals surface area contributed by atoms with Crippen LogP contribution in [0.5, 0.6) is 0 Å². The van der Waals surface area contributed by atoms with Crippen molar-refractivity contribution in [3.63, 3.8) is 0 Å². The van der Waals surface area contributed by atoms with Gasteiger partial charge < -0.3 is 11.1 Å². The van der Waals surface area contributed by atoms with E-state index in [1.807, 2.05) is 44.2 Å². The molecule has 1 amide bonds. The van der Waals surface area contributed by atoms with Crippen molar-refractivity contribution >= 4 is 5.91 Å². The second-order valence-electron chi connectivity index (χ2n) is 7.19. The van der Waals surface area contributed by atoms with Gasteiger partial charge >= 0.3 is 0 Å². The number of benzene rings is 1. The Kier molecular flexibility index (Phi) is 11.4. The van der Waals surface area contributed by atoms with Crippen LogP contribution in [0.1, 0.15) is 72.9 Å². The monoisotopic (exact) mass is 348 g/mol. The summed E-state index contributed by atoms with van der Waals surface area (Å²) in [6.45, 7) is 11.2. The number of nitrogens with two attached hydrogens (primary N) is 1. The molecule has 1 aromatic carbocycles. The fraction of sp³-hybridized carbons (Fsp3) is 0.682. The second kappa shape index (κ2) is 12.1. The van der Waals surface area contributed by atoms with E-state index in [0.717, 1.165) is 12.0 Å². The molecule has 0 aliphatic heterocycles. The van der Waals surface area contributed by atoms with Crippen LogP contribution in [-0.2, 0) is 4.79 Å². The van der Waals surface area contributed by atoms with Gasteiger partial charge in [-0.15, -0.1) is 0 Å². The third-order valence-electron chi connectivity index (χ3n) is 5.08. The van der Waals surface area contributed by atoms with Gasteiger partial charge in [-0.3, -0.25) is 4.79 Å². The average Bonchev–Trinajstić information content (AvgIpc) is 2.61. The lowest BCUT2D eigenvalue weighted by molar-refractivity contribution is -0.129. The van der Waals surface area contributed by atoms with E-state index in [1.165, 1.54) is 12.8 Å². The molecule has 1 fully saturated rings. The number of amides is 1. The Morgan fingerprint density at radius 2 is 1.80 bits per heavy atom. The maximum absolute atomic E-state index is 12.6. The third kappa shape index (κ3) is 7.19. The molecule has 0 aromatic heterocycles. The Hall–Kier alpha value is -1.35. The minimum absolute atomic E-state index is 0. The molecular formula is C22H40N2O. The second-order valence-corrected chi connectivity index (χ2v) is 7.19. The van der Waals surface area contributed by atoms with Crippen molar-refractivity contribution in [1.82, 2.24) is 5.32 Å². The van der Waals surface area contributed by atoms with E-state index >= 15 is 0 Å². The molecule has 1 aliphatic carbocycles. The summed E-state index contributed by atoms with van der Waals surface area (Å²) in [6.07, 6.45) is 3.42. The Balaban J connectivity index is 0.00000185. The first kappa shape index (κ1) is 23.6. The standard InChI is InChI=1S/C19H30N2O.C2H6.CH4/c1-13(2)16-10-9-14(3)11-17(16)19(22)21-12-18(20)15-7-5-4-6-8-15;1-2;/h4-8,13-14,16-18H,9-12,20H2,1-3H3,(H,21,22);1-2H3;1H4/t14-,16+,17-,18?;;/m1../s1. The lowest BCUT2D eigenvalue weighted by Gasteiger charge is -2.36. The lowest BCUT2D eigenvalue weighted by atomic mass is 9.70. The van der Waals surface area contributed by atoms with E-state index < -0.39 is 0 Å². The largest absolute Gasteiger partial charge is 0.354 e. The number of nitrogens with one attached hydrogen (secondary N) is 1. The molecule has 25 heavy (non-hydrogen) atoms. The first-order valence-corrected chi connectivity index (χ1v) is 9.57. The van der Waals surface area contributed by atoms with Gasteiger partial charge in [-0.2, -0.15) is 0 Å². The van der Waals surface area contributed by atoms with Crippen LogP contribution < -0.4 is 11.1 Å². The van der Waals surface area contributed by atoms with Crippen molar-refractivity contribution in [3.05, 3.63) is 35.9 Å². The number of carbonyl (C=O) groups is 1. The zero-order valence-corrected chi connectivity index (χ0v) is 16.1. The van der Waals surface area contributed by atoms with Gasteiger partial charge in [-0.1, -0.05) is 78.8 Å². The molecule has 3 N–H and O–H groups in total. The molecule has 1 saturated carbocycles. The topological polar surface area (TPSA) is 55.1 Å². The minimum atomic E-state index is -0.135. The van der Waals surface area contributed by atoms with Crippen molar-refractivity contribution in [2.45, 2.75) is 67.3 Å². The Bertz CT molecular complexity index is 472. The first-order valence-electron chi connectivity index (χ1n) is 9.57. The van der Waals surface area contributed by atoms with Crippen LogP contribution >= 0.6 is 0 Å². The summed E-state index contributed by atoms with van der Waals surface area (Å²) in [6, 6.07) is 9.82. The predicted octanol–water partition coefficient (Wildman–Crippen LogP) is 5.17. The molecule has 144 valence electrons. The minimum Gasteiger partial charge on any atom is -0.354 e. The first-order chi connectivity index (χ1) is 11.5. The van der Waals surface area contributed by atoms with Gasteiger partial charge in [0, 0.05) is 18.5 Å². The van der Waals surface area contributed by atoms with Gasteiger partial charge in [-0.05, 0) is 36.2 Å².